The van der Waals surface area contributed by atoms with Crippen LogP contribution in [-0.4, -0.2) is 167 Å². The molecule has 27 heteroatoms. The number of nitrogens with two attached hydrogens (primary N) is 1. The molecule has 0 saturated carbocycles. The van der Waals surface area contributed by atoms with E-state index in [1.54, 1.807) is 62.8 Å². The molecule has 2 heterocycles. The zero-order chi connectivity index (χ0) is 47.8. The summed E-state index contributed by atoms with van der Waals surface area (Å²) in [6.45, 7) is 12.3. The van der Waals surface area contributed by atoms with E-state index in [9.17, 15) is 47.9 Å². The van der Waals surface area contributed by atoms with Crippen molar-refractivity contribution in [1.82, 2.24) is 57.3 Å². The summed E-state index contributed by atoms with van der Waals surface area (Å²) >= 11 is 0. The Morgan fingerprint density at radius 1 is 0.705 bits per heavy atom. The number of rotatable bonds is 7. The minimum Gasteiger partial charge on any atom is -0.453 e. The number of ether oxygens (including phenoxy) is 1. The highest BCUT2D eigenvalue weighted by molar-refractivity contribution is 8.26. The van der Waals surface area contributed by atoms with Gasteiger partial charge in [0, 0.05) is 68.7 Å². The van der Waals surface area contributed by atoms with E-state index >= 15 is 0 Å². The van der Waals surface area contributed by atoms with Crippen LogP contribution in [0.3, 0.4) is 0 Å². The first-order valence-corrected chi connectivity index (χ1v) is 21.5. The fraction of sp³-hybridized carbons (Fsp3) is 0.706. The molecular formula is C34H62Cl2N12O12S. The van der Waals surface area contributed by atoms with E-state index < -0.39 is 74.5 Å². The number of nitrogens with one attached hydrogen (secondary N) is 7. The van der Waals surface area contributed by atoms with Crippen LogP contribution in [0.2, 0.25) is 0 Å². The molecule has 0 aromatic carbocycles. The summed E-state index contributed by atoms with van der Waals surface area (Å²) in [5, 5.41) is 7.05. The normalized spacial score (nSPS) is 15.2. The second-order valence-corrected chi connectivity index (χ2v) is 17.6. The zero-order valence-electron chi connectivity index (χ0n) is 36.4. The number of carbonyl (C=O) groups is 10. The van der Waals surface area contributed by atoms with E-state index in [0.29, 0.717) is 31.7 Å². The predicted octanol–water partition coefficient (Wildman–Crippen LogP) is -1.95. The van der Waals surface area contributed by atoms with Gasteiger partial charge < -0.3 is 46.0 Å². The van der Waals surface area contributed by atoms with E-state index in [-0.39, 0.29) is 44.0 Å². The van der Waals surface area contributed by atoms with Gasteiger partial charge in [0.25, 0.3) is 11.8 Å². The summed E-state index contributed by atoms with van der Waals surface area (Å²) in [6.07, 6.45) is 1.84. The molecule has 61 heavy (non-hydrogen) atoms. The van der Waals surface area contributed by atoms with Crippen LogP contribution >= 0.6 is 21.4 Å². The van der Waals surface area contributed by atoms with Gasteiger partial charge in [0.05, 0.1) is 13.1 Å². The van der Waals surface area contributed by atoms with Crippen LogP contribution in [0.1, 0.15) is 74.1 Å². The maximum atomic E-state index is 12.2. The molecule has 2 fully saturated rings. The Kier molecular flexibility index (Phi) is 27.9. The standard InChI is InChI=1S/C16H27N5O6.C15H26N6O5.C3H9N.Cl2OS/c1-16(2,3)27-14(25)13(24)21-8-6-7-10(21)12(23)18-19-15(26)17-9-11(22)20(4)5;1-9(2)17-13(24)14(25)21-7-5-6-10(21)12(23)18-19-15(26)16-8-11(22)20(3)4;1-3(2)4;1-4(2)3/h10H,6-9H2,1-5H3,(H,18,23)(H2,17,19,26);9-10H,5-8H2,1-4H3,(H,17,24)(H,18,23)(H2,16,19,26);3H,4H2,1-2H3;/t2*10-;;/m00../s1. The predicted molar refractivity (Wildman–Crippen MR) is 225 cm³/mol. The quantitative estimate of drug-likeness (QED) is 0.0597. The second kappa shape index (κ2) is 29.3. The number of likely N-dealkylation sites (N-methyl/N-ethyl adjacent to an activating group) is 2. The molecule has 2 atom stereocenters. The van der Waals surface area contributed by atoms with Gasteiger partial charge in [0.2, 0.25) is 21.0 Å². The first-order valence-electron chi connectivity index (χ1n) is 18.7. The van der Waals surface area contributed by atoms with E-state index in [4.69, 9.17) is 14.7 Å². The monoisotopic (exact) mass is 932 g/mol. The number of hydrogen-bond acceptors (Lipinski definition) is 13. The minimum atomic E-state index is -1.67. The van der Waals surface area contributed by atoms with E-state index in [2.05, 4.69) is 59.0 Å². The molecule has 0 bridgehead atoms. The molecule has 0 aliphatic carbocycles. The maximum absolute atomic E-state index is 12.2. The number of urea groups is 2. The third kappa shape index (κ3) is 26.7. The minimum absolute atomic E-state index is 0.198. The third-order valence-corrected chi connectivity index (χ3v) is 7.22. The van der Waals surface area contributed by atoms with Crippen molar-refractivity contribution in [3.63, 3.8) is 0 Å². The molecule has 24 nitrogen and oxygen atoms in total. The Labute approximate surface area is 367 Å². The summed E-state index contributed by atoms with van der Waals surface area (Å²) in [5.41, 5.74) is 12.9. The summed E-state index contributed by atoms with van der Waals surface area (Å²) in [5.74, 6) is -5.36. The van der Waals surface area contributed by atoms with Gasteiger partial charge in [0.1, 0.15) is 17.7 Å². The number of esters is 1. The maximum Gasteiger partial charge on any atom is 0.397 e. The number of nitrogens with zero attached hydrogens (tertiary/aromatic N) is 4. The molecule has 11 amide bonds. The summed E-state index contributed by atoms with van der Waals surface area (Å²) in [6, 6.07) is -3.14. The highest BCUT2D eigenvalue weighted by atomic mass is 36.0. The van der Waals surface area contributed by atoms with Gasteiger partial charge in [-0.2, -0.15) is 0 Å². The molecule has 0 aromatic rings. The van der Waals surface area contributed by atoms with Gasteiger partial charge in [-0.25, -0.2) is 29.4 Å². The number of hydrazine groups is 2. The number of amides is 11. The van der Waals surface area contributed by atoms with Gasteiger partial charge in [-0.15, -0.1) is 0 Å². The van der Waals surface area contributed by atoms with Crippen molar-refractivity contribution >= 4 is 90.0 Å². The number of halogens is 2. The molecule has 0 radical (unpaired) electrons. The smallest absolute Gasteiger partial charge is 0.397 e. The van der Waals surface area contributed by atoms with Crippen molar-refractivity contribution in [2.75, 3.05) is 54.4 Å². The van der Waals surface area contributed by atoms with Gasteiger partial charge in [-0.05, 0) is 66.3 Å². The lowest BCUT2D eigenvalue weighted by molar-refractivity contribution is -0.168. The topological polar surface area (TPSA) is 320 Å². The van der Waals surface area contributed by atoms with Crippen molar-refractivity contribution in [2.45, 2.75) is 104 Å². The molecular weight excluding hydrogens is 871 g/mol. The van der Waals surface area contributed by atoms with Crippen molar-refractivity contribution in [3.05, 3.63) is 0 Å². The molecule has 2 saturated heterocycles. The lowest BCUT2D eigenvalue weighted by Gasteiger charge is -2.25. The van der Waals surface area contributed by atoms with Crippen LogP contribution in [-0.2, 0) is 52.3 Å². The zero-order valence-corrected chi connectivity index (χ0v) is 38.7. The Morgan fingerprint density at radius 2 is 1.05 bits per heavy atom. The fourth-order valence-corrected chi connectivity index (χ4v) is 4.58. The van der Waals surface area contributed by atoms with Gasteiger partial charge >= 0.3 is 35.8 Å². The highest BCUT2D eigenvalue weighted by Crippen LogP contribution is 2.19. The molecule has 2 aliphatic rings. The highest BCUT2D eigenvalue weighted by Gasteiger charge is 2.39. The van der Waals surface area contributed by atoms with Gasteiger partial charge in [-0.1, -0.05) is 13.8 Å². The first-order chi connectivity index (χ1) is 28.0. The van der Waals surface area contributed by atoms with Crippen LogP contribution in [0.25, 0.3) is 0 Å². The number of likely N-dealkylation sites (tertiary alicyclic amines) is 2. The molecule has 9 N–H and O–H groups in total. The Hall–Kier alpha value is -5.01. The van der Waals surface area contributed by atoms with E-state index in [1.165, 1.54) is 14.7 Å². The van der Waals surface area contributed by atoms with Crippen LogP contribution in [0, 0.1) is 0 Å². The van der Waals surface area contributed by atoms with Crippen molar-refractivity contribution in [1.29, 1.82) is 0 Å². The number of carbonyl (C=O) groups excluding carboxylic acids is 10. The van der Waals surface area contributed by atoms with Gasteiger partial charge in [-0.3, -0.25) is 44.4 Å². The van der Waals surface area contributed by atoms with Crippen LogP contribution in [0.15, 0.2) is 0 Å². The van der Waals surface area contributed by atoms with Gasteiger partial charge in [0.15, 0.2) is 0 Å². The van der Waals surface area contributed by atoms with Crippen molar-refractivity contribution in [2.24, 2.45) is 5.73 Å². The fourth-order valence-electron chi connectivity index (χ4n) is 4.58. The van der Waals surface area contributed by atoms with E-state index in [1.807, 2.05) is 13.8 Å². The Morgan fingerprint density at radius 3 is 1.36 bits per heavy atom. The van der Waals surface area contributed by atoms with Crippen molar-refractivity contribution in [3.8, 4) is 0 Å². The van der Waals surface area contributed by atoms with Crippen LogP contribution in [0.4, 0.5) is 9.59 Å². The lowest BCUT2D eigenvalue weighted by Crippen LogP contribution is -2.56. The average Bonchev–Trinajstić information content (AvgIpc) is 3.83. The molecule has 2 rings (SSSR count). The largest absolute Gasteiger partial charge is 0.453 e. The SMILES string of the molecule is CC(C)N.CC(C)NC(=O)C(=O)N1CCC[C@H]1C(=O)NNC(=O)NCC(=O)N(C)C.CN(C)C(=O)CNC(=O)NNC(=O)[C@@H]1CCCN1C(=O)C(=O)OC(C)(C)C.O=S(Cl)Cl. The van der Waals surface area contributed by atoms with Crippen LogP contribution in [0.5, 0.6) is 0 Å². The average molecular weight is 934 g/mol. The Bertz CT molecular complexity index is 1560. The van der Waals surface area contributed by atoms with Crippen LogP contribution < -0.4 is 43.4 Å². The molecule has 350 valence electrons. The molecule has 0 aromatic heterocycles. The molecule has 0 spiro atoms. The van der Waals surface area contributed by atoms with Crippen molar-refractivity contribution < 1.29 is 56.9 Å². The number of hydrogen-bond donors (Lipinski definition) is 8. The first kappa shape index (κ1) is 58.1. The summed E-state index contributed by atoms with van der Waals surface area (Å²) in [7, 11) is 13.5. The summed E-state index contributed by atoms with van der Waals surface area (Å²) < 4.78 is 14.1. The summed E-state index contributed by atoms with van der Waals surface area (Å²) in [4.78, 5) is 123. The third-order valence-electron chi connectivity index (χ3n) is 7.22. The molecule has 0 unspecified atom stereocenters. The second-order valence-electron chi connectivity index (χ2n) is 15.0. The van der Waals surface area contributed by atoms with E-state index in [0.717, 1.165) is 4.90 Å². The lowest BCUT2D eigenvalue weighted by atomic mass is 10.2. The Balaban J connectivity index is 0. The molecule has 2 aliphatic heterocycles.